The number of ether oxygens (including phenoxy) is 2. The van der Waals surface area contributed by atoms with Crippen LogP contribution in [0.4, 0.5) is 17.1 Å². The normalized spacial score (nSPS) is 13.4. The van der Waals surface area contributed by atoms with Crippen LogP contribution in [0.3, 0.4) is 0 Å². The topological polar surface area (TPSA) is 114 Å². The molecule has 4 rings (SSSR count). The van der Waals surface area contributed by atoms with Gasteiger partial charge in [0.25, 0.3) is 15.9 Å². The summed E-state index contributed by atoms with van der Waals surface area (Å²) in [6.07, 6.45) is 1.34. The summed E-state index contributed by atoms with van der Waals surface area (Å²) in [6, 6.07) is 17.5. The van der Waals surface area contributed by atoms with Crippen LogP contribution >= 0.6 is 0 Å². The maximum Gasteiger partial charge on any atom is 0.265 e. The van der Waals surface area contributed by atoms with Crippen LogP contribution < -0.4 is 24.4 Å². The minimum Gasteiger partial charge on any atom is -0.497 e. The second-order valence-electron chi connectivity index (χ2n) is 7.85. The molecule has 0 bridgehead atoms. The molecule has 1 heterocycles. The minimum atomic E-state index is -4.02. The zero-order valence-corrected chi connectivity index (χ0v) is 20.1. The molecule has 0 aliphatic carbocycles. The molecule has 0 atom stereocenters. The molecule has 35 heavy (non-hydrogen) atoms. The number of hydrogen-bond donors (Lipinski definition) is 2. The number of sulfonamides is 1. The van der Waals surface area contributed by atoms with Gasteiger partial charge < -0.3 is 19.7 Å². The number of nitrogens with zero attached hydrogens (tertiary/aromatic N) is 1. The minimum absolute atomic E-state index is 0.0671. The largest absolute Gasteiger partial charge is 0.497 e. The zero-order valence-electron chi connectivity index (χ0n) is 19.3. The quantitative estimate of drug-likeness (QED) is 0.490. The highest BCUT2D eigenvalue weighted by Gasteiger charge is 2.23. The van der Waals surface area contributed by atoms with Crippen LogP contribution in [0, 0.1) is 0 Å². The first-order valence-corrected chi connectivity index (χ1v) is 12.4. The molecule has 2 amide bonds. The Bertz CT molecular complexity index is 1340. The second-order valence-corrected chi connectivity index (χ2v) is 9.50. The lowest BCUT2D eigenvalue weighted by molar-refractivity contribution is -0.117. The number of amides is 2. The van der Waals surface area contributed by atoms with Crippen molar-refractivity contribution in [3.8, 4) is 11.5 Å². The molecule has 10 heteroatoms. The third kappa shape index (κ3) is 5.38. The summed E-state index contributed by atoms with van der Waals surface area (Å²) >= 11 is 0. The van der Waals surface area contributed by atoms with Gasteiger partial charge in [0.15, 0.2) is 0 Å². The number of hydrogen-bond acceptors (Lipinski definition) is 6. The third-order valence-corrected chi connectivity index (χ3v) is 6.97. The van der Waals surface area contributed by atoms with Gasteiger partial charge in [0.1, 0.15) is 16.4 Å². The highest BCUT2D eigenvalue weighted by Crippen LogP contribution is 2.30. The average molecular weight is 496 g/mol. The summed E-state index contributed by atoms with van der Waals surface area (Å²) in [5.41, 5.74) is 1.74. The van der Waals surface area contributed by atoms with Gasteiger partial charge in [-0.3, -0.25) is 14.3 Å². The smallest absolute Gasteiger partial charge is 0.265 e. The van der Waals surface area contributed by atoms with Gasteiger partial charge in [-0.25, -0.2) is 8.42 Å². The van der Waals surface area contributed by atoms with Gasteiger partial charge in [0.2, 0.25) is 5.91 Å². The number of anilines is 3. The molecular weight excluding hydrogens is 470 g/mol. The summed E-state index contributed by atoms with van der Waals surface area (Å²) in [5.74, 6) is 0.372. The van der Waals surface area contributed by atoms with Crippen molar-refractivity contribution in [3.05, 3.63) is 72.3 Å². The van der Waals surface area contributed by atoms with Crippen molar-refractivity contribution in [2.24, 2.45) is 0 Å². The van der Waals surface area contributed by atoms with E-state index in [1.54, 1.807) is 59.5 Å². The van der Waals surface area contributed by atoms with Crippen LogP contribution in [0.25, 0.3) is 0 Å². The van der Waals surface area contributed by atoms with Gasteiger partial charge in [-0.1, -0.05) is 0 Å². The van der Waals surface area contributed by atoms with Crippen LogP contribution in [0.15, 0.2) is 71.6 Å². The fourth-order valence-corrected chi connectivity index (χ4v) is 5.01. The monoisotopic (exact) mass is 495 g/mol. The predicted molar refractivity (Wildman–Crippen MR) is 133 cm³/mol. The van der Waals surface area contributed by atoms with Gasteiger partial charge in [0.05, 0.1) is 14.2 Å². The Balaban J connectivity index is 1.52. The van der Waals surface area contributed by atoms with Crippen molar-refractivity contribution >= 4 is 38.9 Å². The lowest BCUT2D eigenvalue weighted by Gasteiger charge is -2.16. The first-order valence-electron chi connectivity index (χ1n) is 10.9. The number of rotatable bonds is 8. The standard InChI is InChI=1S/C25H25N3O6S/c1-33-21-12-7-18(8-13-21)27-35(31,32)23-16-19(9-14-22(23)34-2)26-25(30)17-5-10-20(11-6-17)28-15-3-4-24(28)29/h5-14,16,27H,3-4,15H2,1-2H3,(H,26,30). The fourth-order valence-electron chi connectivity index (χ4n) is 3.75. The molecule has 0 aromatic heterocycles. The SMILES string of the molecule is COc1ccc(NS(=O)(=O)c2cc(NC(=O)c3ccc(N4CCCC4=O)cc3)ccc2OC)cc1. The van der Waals surface area contributed by atoms with Gasteiger partial charge >= 0.3 is 0 Å². The molecule has 0 saturated carbocycles. The molecule has 0 unspecified atom stereocenters. The van der Waals surface area contributed by atoms with Crippen LogP contribution in [0.1, 0.15) is 23.2 Å². The first-order chi connectivity index (χ1) is 16.8. The Hall–Kier alpha value is -4.05. The average Bonchev–Trinajstić information content (AvgIpc) is 3.30. The molecule has 182 valence electrons. The van der Waals surface area contributed by atoms with E-state index in [1.807, 2.05) is 0 Å². The molecule has 9 nitrogen and oxygen atoms in total. The molecule has 1 aliphatic rings. The van der Waals surface area contributed by atoms with E-state index in [9.17, 15) is 18.0 Å². The fraction of sp³-hybridized carbons (Fsp3) is 0.200. The lowest BCUT2D eigenvalue weighted by atomic mass is 10.1. The molecule has 3 aromatic rings. The Labute approximate surface area is 203 Å². The number of benzene rings is 3. The number of carbonyl (C=O) groups is 2. The Morgan fingerprint density at radius 1 is 0.914 bits per heavy atom. The van der Waals surface area contributed by atoms with Gasteiger partial charge in [-0.05, 0) is 73.2 Å². The molecule has 1 saturated heterocycles. The highest BCUT2D eigenvalue weighted by molar-refractivity contribution is 7.92. The number of methoxy groups -OCH3 is 2. The van der Waals surface area contributed by atoms with Crippen molar-refractivity contribution in [1.29, 1.82) is 0 Å². The van der Waals surface area contributed by atoms with E-state index in [0.29, 0.717) is 30.0 Å². The molecule has 2 N–H and O–H groups in total. The summed E-state index contributed by atoms with van der Waals surface area (Å²) in [4.78, 5) is 26.3. The molecule has 1 aliphatic heterocycles. The zero-order chi connectivity index (χ0) is 25.0. The van der Waals surface area contributed by atoms with E-state index >= 15 is 0 Å². The molecule has 0 spiro atoms. The molecule has 0 radical (unpaired) electrons. The van der Waals surface area contributed by atoms with E-state index < -0.39 is 15.9 Å². The predicted octanol–water partition coefficient (Wildman–Crippen LogP) is 3.88. The van der Waals surface area contributed by atoms with Crippen molar-refractivity contribution in [2.75, 3.05) is 35.7 Å². The van der Waals surface area contributed by atoms with Crippen LogP contribution in [-0.2, 0) is 14.8 Å². The number of carbonyl (C=O) groups excluding carboxylic acids is 2. The number of nitrogens with one attached hydrogen (secondary N) is 2. The van der Waals surface area contributed by atoms with Crippen LogP contribution in [-0.4, -0.2) is 41.0 Å². The van der Waals surface area contributed by atoms with Crippen molar-refractivity contribution < 1.29 is 27.5 Å². The molecule has 1 fully saturated rings. The van der Waals surface area contributed by atoms with Gasteiger partial charge in [0, 0.05) is 35.6 Å². The summed E-state index contributed by atoms with van der Waals surface area (Å²) in [7, 11) is -1.14. The summed E-state index contributed by atoms with van der Waals surface area (Å²) < 4.78 is 39.0. The summed E-state index contributed by atoms with van der Waals surface area (Å²) in [5, 5.41) is 2.71. The van der Waals surface area contributed by atoms with E-state index in [4.69, 9.17) is 9.47 Å². The molecular formula is C25H25N3O6S. The van der Waals surface area contributed by atoms with E-state index in [1.165, 1.54) is 26.4 Å². The van der Waals surface area contributed by atoms with E-state index in [-0.39, 0.29) is 22.2 Å². The maximum absolute atomic E-state index is 13.1. The first kappa shape index (κ1) is 24.1. The van der Waals surface area contributed by atoms with Gasteiger partial charge in [-0.15, -0.1) is 0 Å². The second kappa shape index (κ2) is 10.1. The van der Waals surface area contributed by atoms with E-state index in [0.717, 1.165) is 12.1 Å². The Morgan fingerprint density at radius 2 is 1.60 bits per heavy atom. The Kier molecular flexibility index (Phi) is 6.92. The van der Waals surface area contributed by atoms with Crippen molar-refractivity contribution in [1.82, 2.24) is 0 Å². The Morgan fingerprint density at radius 3 is 2.20 bits per heavy atom. The maximum atomic E-state index is 13.1. The highest BCUT2D eigenvalue weighted by atomic mass is 32.2. The van der Waals surface area contributed by atoms with Crippen LogP contribution in [0.5, 0.6) is 11.5 Å². The van der Waals surface area contributed by atoms with E-state index in [2.05, 4.69) is 10.0 Å². The lowest BCUT2D eigenvalue weighted by Crippen LogP contribution is -2.23. The van der Waals surface area contributed by atoms with Gasteiger partial charge in [-0.2, -0.15) is 0 Å². The molecule has 3 aromatic carbocycles. The van der Waals surface area contributed by atoms with Crippen LogP contribution in [0.2, 0.25) is 0 Å². The van der Waals surface area contributed by atoms with Crippen molar-refractivity contribution in [3.63, 3.8) is 0 Å². The third-order valence-electron chi connectivity index (χ3n) is 5.57. The van der Waals surface area contributed by atoms with Crippen molar-refractivity contribution in [2.45, 2.75) is 17.7 Å². The summed E-state index contributed by atoms with van der Waals surface area (Å²) in [6.45, 7) is 0.665.